The van der Waals surface area contributed by atoms with Crippen LogP contribution in [0.25, 0.3) is 0 Å². The number of nitrogens with one attached hydrogen (secondary N) is 2. The molecule has 0 aliphatic carbocycles. The Bertz CT molecular complexity index is 649. The number of nitrogens with zero attached hydrogens (tertiary/aromatic N) is 1. The van der Waals surface area contributed by atoms with Crippen molar-refractivity contribution in [3.8, 4) is 0 Å². The van der Waals surface area contributed by atoms with Crippen LogP contribution in [-0.4, -0.2) is 51.4 Å². The van der Waals surface area contributed by atoms with Crippen LogP contribution < -0.4 is 10.6 Å². The summed E-state index contributed by atoms with van der Waals surface area (Å²) in [5.74, 6) is 0.464. The van der Waals surface area contributed by atoms with Gasteiger partial charge in [-0.05, 0) is 62.5 Å². The molecule has 0 saturated carbocycles. The Hall–Kier alpha value is -1.44. The van der Waals surface area contributed by atoms with E-state index >= 15 is 0 Å². The number of benzene rings is 1. The number of sulfonamides is 1. The molecule has 2 N–H and O–H groups in total. The molecule has 6 nitrogen and oxygen atoms in total. The molecule has 1 fully saturated rings. The largest absolute Gasteiger partial charge is 0.352 e. The molecule has 1 saturated heterocycles. The fraction of sp³-hybridized carbons (Fsp3) is 0.611. The first-order valence-corrected chi connectivity index (χ1v) is 10.5. The van der Waals surface area contributed by atoms with Crippen molar-refractivity contribution in [1.82, 2.24) is 14.9 Å². The Kier molecular flexibility index (Phi) is 7.40. The zero-order chi connectivity index (χ0) is 18.3. The molecule has 1 aliphatic rings. The summed E-state index contributed by atoms with van der Waals surface area (Å²) in [6.45, 7) is 7.23. The minimum atomic E-state index is -3.48. The molecule has 1 amide bonds. The first-order chi connectivity index (χ1) is 12.0. The normalized spacial score (nSPS) is 18.3. The number of hydrogen-bond acceptors (Lipinski definition) is 4. The summed E-state index contributed by atoms with van der Waals surface area (Å²) in [6, 6.07) is 6.17. The molecule has 140 valence electrons. The lowest BCUT2D eigenvalue weighted by Crippen LogP contribution is -2.33. The van der Waals surface area contributed by atoms with Crippen molar-refractivity contribution in [2.75, 3.05) is 32.7 Å². The summed E-state index contributed by atoms with van der Waals surface area (Å²) in [5, 5.41) is 6.29. The summed E-state index contributed by atoms with van der Waals surface area (Å²) >= 11 is 0. The summed E-state index contributed by atoms with van der Waals surface area (Å²) < 4.78 is 26.3. The third-order valence-electron chi connectivity index (χ3n) is 4.70. The fourth-order valence-corrected chi connectivity index (χ4v) is 4.61. The van der Waals surface area contributed by atoms with Crippen LogP contribution in [0.4, 0.5) is 0 Å². The molecule has 25 heavy (non-hydrogen) atoms. The highest BCUT2D eigenvalue weighted by molar-refractivity contribution is 7.89. The van der Waals surface area contributed by atoms with Crippen molar-refractivity contribution in [3.05, 3.63) is 29.8 Å². The van der Waals surface area contributed by atoms with Gasteiger partial charge in [0.25, 0.3) is 5.91 Å². The smallest absolute Gasteiger partial charge is 0.251 e. The van der Waals surface area contributed by atoms with Crippen molar-refractivity contribution >= 4 is 15.9 Å². The van der Waals surface area contributed by atoms with Crippen molar-refractivity contribution in [1.29, 1.82) is 0 Å². The van der Waals surface area contributed by atoms with Gasteiger partial charge in [-0.25, -0.2) is 8.42 Å². The van der Waals surface area contributed by atoms with Gasteiger partial charge in [-0.3, -0.25) is 4.79 Å². The van der Waals surface area contributed by atoms with E-state index in [9.17, 15) is 13.2 Å². The standard InChI is InChI=1S/C18H29N3O3S/c1-3-21(4-2)25(23,24)17-9-7-16(8-10-17)18(22)20-13-11-15-6-5-12-19-14-15/h7-10,15,19H,3-6,11-14H2,1-2H3,(H,20,22). The maximum absolute atomic E-state index is 12.4. The topological polar surface area (TPSA) is 78.5 Å². The van der Waals surface area contributed by atoms with Crippen LogP contribution >= 0.6 is 0 Å². The minimum absolute atomic E-state index is 0.157. The lowest BCUT2D eigenvalue weighted by atomic mass is 9.96. The molecule has 1 heterocycles. The molecule has 0 bridgehead atoms. The lowest BCUT2D eigenvalue weighted by molar-refractivity contribution is 0.0950. The second kappa shape index (κ2) is 9.31. The molecule has 1 atom stereocenters. The van der Waals surface area contributed by atoms with E-state index in [1.54, 1.807) is 12.1 Å². The molecule has 2 rings (SSSR count). The first kappa shape index (κ1) is 19.9. The Morgan fingerprint density at radius 1 is 1.24 bits per heavy atom. The molecule has 7 heteroatoms. The Balaban J connectivity index is 1.91. The van der Waals surface area contributed by atoms with Gasteiger partial charge in [-0.1, -0.05) is 13.8 Å². The van der Waals surface area contributed by atoms with Gasteiger partial charge in [0, 0.05) is 25.2 Å². The maximum Gasteiger partial charge on any atom is 0.251 e. The molecule has 1 aliphatic heterocycles. The van der Waals surface area contributed by atoms with Crippen molar-refractivity contribution in [2.24, 2.45) is 5.92 Å². The van der Waals surface area contributed by atoms with Gasteiger partial charge in [-0.2, -0.15) is 4.31 Å². The van der Waals surface area contributed by atoms with Crippen LogP contribution in [-0.2, 0) is 10.0 Å². The van der Waals surface area contributed by atoms with Gasteiger partial charge in [0.1, 0.15) is 0 Å². The predicted octanol–water partition coefficient (Wildman–Crippen LogP) is 1.84. The molecule has 1 aromatic carbocycles. The SMILES string of the molecule is CCN(CC)S(=O)(=O)c1ccc(C(=O)NCCC2CCCNC2)cc1. The third-order valence-corrected chi connectivity index (χ3v) is 6.76. The van der Waals surface area contributed by atoms with E-state index in [0.717, 1.165) is 19.5 Å². The molecule has 0 aromatic heterocycles. The fourth-order valence-electron chi connectivity index (χ4n) is 3.15. The highest BCUT2D eigenvalue weighted by atomic mass is 32.2. The van der Waals surface area contributed by atoms with E-state index in [0.29, 0.717) is 31.1 Å². The second-order valence-corrected chi connectivity index (χ2v) is 8.31. The van der Waals surface area contributed by atoms with Gasteiger partial charge in [-0.15, -0.1) is 0 Å². The summed E-state index contributed by atoms with van der Waals surface area (Å²) in [5.41, 5.74) is 0.486. The summed E-state index contributed by atoms with van der Waals surface area (Å²) in [7, 11) is -3.48. The van der Waals surface area contributed by atoms with Crippen molar-refractivity contribution < 1.29 is 13.2 Å². The zero-order valence-corrected chi connectivity index (χ0v) is 15.9. The average Bonchev–Trinajstić information content (AvgIpc) is 2.63. The minimum Gasteiger partial charge on any atom is -0.352 e. The van der Waals surface area contributed by atoms with E-state index in [1.165, 1.54) is 29.3 Å². The van der Waals surface area contributed by atoms with E-state index < -0.39 is 10.0 Å². The Morgan fingerprint density at radius 3 is 2.48 bits per heavy atom. The Morgan fingerprint density at radius 2 is 1.92 bits per heavy atom. The predicted molar refractivity (Wildman–Crippen MR) is 99.1 cm³/mol. The van der Waals surface area contributed by atoms with Crippen LogP contribution in [0.3, 0.4) is 0 Å². The number of piperidine rings is 1. The number of carbonyl (C=O) groups excluding carboxylic acids is 1. The number of carbonyl (C=O) groups is 1. The lowest BCUT2D eigenvalue weighted by Gasteiger charge is -2.22. The third kappa shape index (κ3) is 5.26. The van der Waals surface area contributed by atoms with Crippen molar-refractivity contribution in [3.63, 3.8) is 0 Å². The van der Waals surface area contributed by atoms with E-state index in [2.05, 4.69) is 10.6 Å². The number of hydrogen-bond donors (Lipinski definition) is 2. The van der Waals surface area contributed by atoms with E-state index in [1.807, 2.05) is 13.8 Å². The zero-order valence-electron chi connectivity index (χ0n) is 15.1. The number of rotatable bonds is 8. The molecule has 0 spiro atoms. The van der Waals surface area contributed by atoms with Gasteiger partial charge in [0.05, 0.1) is 4.90 Å². The van der Waals surface area contributed by atoms with Crippen LogP contribution in [0.2, 0.25) is 0 Å². The highest BCUT2D eigenvalue weighted by Gasteiger charge is 2.21. The molecule has 0 radical (unpaired) electrons. The van der Waals surface area contributed by atoms with Crippen LogP contribution in [0.5, 0.6) is 0 Å². The van der Waals surface area contributed by atoms with Crippen LogP contribution in [0, 0.1) is 5.92 Å². The van der Waals surface area contributed by atoms with Gasteiger partial charge >= 0.3 is 0 Å². The molecular formula is C18H29N3O3S. The van der Waals surface area contributed by atoms with Crippen LogP contribution in [0.15, 0.2) is 29.2 Å². The van der Waals surface area contributed by atoms with E-state index in [-0.39, 0.29) is 10.8 Å². The Labute approximate surface area is 151 Å². The first-order valence-electron chi connectivity index (χ1n) is 9.08. The maximum atomic E-state index is 12.4. The van der Waals surface area contributed by atoms with Crippen LogP contribution in [0.1, 0.15) is 43.5 Å². The van der Waals surface area contributed by atoms with Crippen molar-refractivity contribution in [2.45, 2.75) is 38.0 Å². The molecule has 1 unspecified atom stereocenters. The quantitative estimate of drug-likeness (QED) is 0.735. The van der Waals surface area contributed by atoms with Gasteiger partial charge in [0.2, 0.25) is 10.0 Å². The van der Waals surface area contributed by atoms with Gasteiger partial charge in [0.15, 0.2) is 0 Å². The summed E-state index contributed by atoms with van der Waals surface area (Å²) in [6.07, 6.45) is 3.37. The highest BCUT2D eigenvalue weighted by Crippen LogP contribution is 2.16. The average molecular weight is 368 g/mol. The number of amides is 1. The summed E-state index contributed by atoms with van der Waals surface area (Å²) in [4.78, 5) is 12.4. The van der Waals surface area contributed by atoms with E-state index in [4.69, 9.17) is 0 Å². The van der Waals surface area contributed by atoms with Gasteiger partial charge < -0.3 is 10.6 Å². The molecular weight excluding hydrogens is 338 g/mol. The second-order valence-electron chi connectivity index (χ2n) is 6.37. The monoisotopic (exact) mass is 367 g/mol. The molecule has 1 aromatic rings.